The van der Waals surface area contributed by atoms with E-state index in [-0.39, 0.29) is 11.5 Å². The summed E-state index contributed by atoms with van der Waals surface area (Å²) >= 11 is 3.42. The number of halogens is 1. The lowest BCUT2D eigenvalue weighted by molar-refractivity contribution is -0.132. The van der Waals surface area contributed by atoms with Crippen molar-refractivity contribution in [3.63, 3.8) is 0 Å². The number of rotatable bonds is 4. The fourth-order valence-electron chi connectivity index (χ4n) is 2.80. The van der Waals surface area contributed by atoms with Gasteiger partial charge < -0.3 is 13.9 Å². The largest absolute Gasteiger partial charge is 0.427 e. The standard InChI is InChI=1S/C20H15BrO6/c1-11(22)25-13-7-8-14-16(10-21)19(20(24)27-18(14)9-13)15-5-3-4-6-17(15)26-12(2)23/h3-9H,10H2,1-2H3. The highest BCUT2D eigenvalue weighted by atomic mass is 79.9. The average molecular weight is 431 g/mol. The Morgan fingerprint density at radius 2 is 1.74 bits per heavy atom. The summed E-state index contributed by atoms with van der Waals surface area (Å²) in [6.07, 6.45) is 0. The molecule has 0 fully saturated rings. The third kappa shape index (κ3) is 3.93. The van der Waals surface area contributed by atoms with E-state index in [1.54, 1.807) is 36.4 Å². The lowest BCUT2D eigenvalue weighted by atomic mass is 9.99. The molecule has 2 aromatic carbocycles. The van der Waals surface area contributed by atoms with E-state index in [9.17, 15) is 14.4 Å². The Bertz CT molecular complexity index is 1100. The zero-order valence-electron chi connectivity index (χ0n) is 14.6. The van der Waals surface area contributed by atoms with Crippen LogP contribution in [0.15, 0.2) is 51.7 Å². The molecule has 0 radical (unpaired) electrons. The minimum atomic E-state index is -0.587. The molecule has 1 aromatic heterocycles. The van der Waals surface area contributed by atoms with Gasteiger partial charge in [-0.3, -0.25) is 9.59 Å². The number of hydrogen-bond donors (Lipinski definition) is 0. The van der Waals surface area contributed by atoms with Crippen molar-refractivity contribution in [2.45, 2.75) is 19.2 Å². The van der Waals surface area contributed by atoms with E-state index in [4.69, 9.17) is 13.9 Å². The van der Waals surface area contributed by atoms with Crippen molar-refractivity contribution in [2.75, 3.05) is 0 Å². The number of para-hydroxylation sites is 1. The van der Waals surface area contributed by atoms with Crippen LogP contribution in [0.3, 0.4) is 0 Å². The molecule has 3 aromatic rings. The lowest BCUT2D eigenvalue weighted by Gasteiger charge is -2.13. The number of esters is 2. The highest BCUT2D eigenvalue weighted by molar-refractivity contribution is 9.08. The molecule has 0 N–H and O–H groups in total. The van der Waals surface area contributed by atoms with Crippen molar-refractivity contribution < 1.29 is 23.5 Å². The van der Waals surface area contributed by atoms with Crippen LogP contribution >= 0.6 is 15.9 Å². The van der Waals surface area contributed by atoms with Crippen molar-refractivity contribution >= 4 is 38.8 Å². The molecular formula is C20H15BrO6. The van der Waals surface area contributed by atoms with Crippen molar-refractivity contribution in [3.8, 4) is 22.6 Å². The lowest BCUT2D eigenvalue weighted by Crippen LogP contribution is -2.10. The van der Waals surface area contributed by atoms with Crippen molar-refractivity contribution in [1.29, 1.82) is 0 Å². The number of benzene rings is 2. The van der Waals surface area contributed by atoms with Crippen LogP contribution < -0.4 is 15.1 Å². The molecule has 0 saturated carbocycles. The first-order valence-corrected chi connectivity index (χ1v) is 9.14. The summed E-state index contributed by atoms with van der Waals surface area (Å²) in [5.74, 6) is -0.398. The number of alkyl halides is 1. The monoisotopic (exact) mass is 430 g/mol. The van der Waals surface area contributed by atoms with E-state index in [1.165, 1.54) is 19.9 Å². The molecule has 0 aliphatic carbocycles. The van der Waals surface area contributed by atoms with Crippen LogP contribution in [0.4, 0.5) is 0 Å². The molecule has 0 unspecified atom stereocenters. The van der Waals surface area contributed by atoms with Crippen LogP contribution in [0.2, 0.25) is 0 Å². The second kappa shape index (κ2) is 7.75. The van der Waals surface area contributed by atoms with Gasteiger partial charge in [0.05, 0.1) is 5.56 Å². The summed E-state index contributed by atoms with van der Waals surface area (Å²) in [6, 6.07) is 11.6. The Labute approximate surface area is 162 Å². The van der Waals surface area contributed by atoms with Crippen LogP contribution in [0.25, 0.3) is 22.1 Å². The van der Waals surface area contributed by atoms with Gasteiger partial charge in [0.1, 0.15) is 17.1 Å². The second-order valence-electron chi connectivity index (χ2n) is 5.72. The first-order valence-electron chi connectivity index (χ1n) is 8.02. The molecule has 0 aliphatic heterocycles. The van der Waals surface area contributed by atoms with Crippen LogP contribution in [0.1, 0.15) is 19.4 Å². The number of carbonyl (C=O) groups excluding carboxylic acids is 2. The predicted molar refractivity (Wildman–Crippen MR) is 103 cm³/mol. The number of ether oxygens (including phenoxy) is 2. The first kappa shape index (κ1) is 18.8. The van der Waals surface area contributed by atoms with E-state index < -0.39 is 17.6 Å². The summed E-state index contributed by atoms with van der Waals surface area (Å²) < 4.78 is 15.7. The Morgan fingerprint density at radius 1 is 1.04 bits per heavy atom. The fraction of sp³-hybridized carbons (Fsp3) is 0.150. The van der Waals surface area contributed by atoms with Crippen LogP contribution in [-0.4, -0.2) is 11.9 Å². The average Bonchev–Trinajstić information content (AvgIpc) is 2.60. The molecule has 0 atom stereocenters. The van der Waals surface area contributed by atoms with Crippen molar-refractivity contribution in [1.82, 2.24) is 0 Å². The third-order valence-electron chi connectivity index (χ3n) is 3.79. The van der Waals surface area contributed by atoms with Gasteiger partial charge in [0.15, 0.2) is 0 Å². The number of hydrogen-bond acceptors (Lipinski definition) is 6. The maximum absolute atomic E-state index is 12.7. The third-order valence-corrected chi connectivity index (χ3v) is 4.35. The van der Waals surface area contributed by atoms with Gasteiger partial charge >= 0.3 is 17.6 Å². The predicted octanol–water partition coefficient (Wildman–Crippen LogP) is 4.21. The molecular weight excluding hydrogens is 416 g/mol. The SMILES string of the molecule is CC(=O)Oc1ccc2c(CBr)c(-c3ccccc3OC(C)=O)c(=O)oc2c1. The molecule has 0 aliphatic rings. The zero-order valence-corrected chi connectivity index (χ0v) is 16.2. The van der Waals surface area contributed by atoms with Gasteiger partial charge in [0.25, 0.3) is 0 Å². The zero-order chi connectivity index (χ0) is 19.6. The maximum atomic E-state index is 12.7. The van der Waals surface area contributed by atoms with Gasteiger partial charge in [-0.15, -0.1) is 0 Å². The smallest absolute Gasteiger partial charge is 0.344 e. The van der Waals surface area contributed by atoms with Crippen molar-refractivity contribution in [2.24, 2.45) is 0 Å². The normalized spacial score (nSPS) is 10.6. The van der Waals surface area contributed by atoms with E-state index in [1.807, 2.05) is 0 Å². The van der Waals surface area contributed by atoms with Gasteiger partial charge in [-0.2, -0.15) is 0 Å². The van der Waals surface area contributed by atoms with E-state index in [2.05, 4.69) is 15.9 Å². The molecule has 27 heavy (non-hydrogen) atoms. The number of carbonyl (C=O) groups is 2. The van der Waals surface area contributed by atoms with Gasteiger partial charge in [-0.1, -0.05) is 34.1 Å². The summed E-state index contributed by atoms with van der Waals surface area (Å²) in [6.45, 7) is 2.58. The summed E-state index contributed by atoms with van der Waals surface area (Å²) in [7, 11) is 0. The molecule has 7 heteroatoms. The molecule has 3 rings (SSSR count). The highest BCUT2D eigenvalue weighted by Gasteiger charge is 2.20. The topological polar surface area (TPSA) is 82.8 Å². The van der Waals surface area contributed by atoms with Gasteiger partial charge in [-0.05, 0) is 23.8 Å². The maximum Gasteiger partial charge on any atom is 0.344 e. The quantitative estimate of drug-likeness (QED) is 0.267. The van der Waals surface area contributed by atoms with Gasteiger partial charge in [0, 0.05) is 36.2 Å². The van der Waals surface area contributed by atoms with Gasteiger partial charge in [-0.25, -0.2) is 4.79 Å². The van der Waals surface area contributed by atoms with Crippen LogP contribution in [-0.2, 0) is 14.9 Å². The fourth-order valence-corrected chi connectivity index (χ4v) is 3.39. The van der Waals surface area contributed by atoms with Crippen LogP contribution in [0, 0.1) is 0 Å². The Kier molecular flexibility index (Phi) is 5.41. The summed E-state index contributed by atoms with van der Waals surface area (Å²) in [5.41, 5.74) is 1.15. The molecule has 0 spiro atoms. The second-order valence-corrected chi connectivity index (χ2v) is 6.28. The first-order chi connectivity index (χ1) is 12.9. The molecule has 6 nitrogen and oxygen atoms in total. The minimum Gasteiger partial charge on any atom is -0.427 e. The Hall–Kier alpha value is -2.93. The van der Waals surface area contributed by atoms with E-state index in [0.29, 0.717) is 33.0 Å². The number of fused-ring (bicyclic) bond motifs is 1. The van der Waals surface area contributed by atoms with E-state index in [0.717, 1.165) is 0 Å². The van der Waals surface area contributed by atoms with Crippen molar-refractivity contribution in [3.05, 3.63) is 58.4 Å². The highest BCUT2D eigenvalue weighted by Crippen LogP contribution is 2.35. The molecule has 1 heterocycles. The van der Waals surface area contributed by atoms with E-state index >= 15 is 0 Å². The minimum absolute atomic E-state index is 0.274. The summed E-state index contributed by atoms with van der Waals surface area (Å²) in [4.78, 5) is 35.3. The molecule has 0 bridgehead atoms. The molecule has 138 valence electrons. The molecule has 0 amide bonds. The van der Waals surface area contributed by atoms with Crippen LogP contribution in [0.5, 0.6) is 11.5 Å². The Morgan fingerprint density at radius 3 is 2.41 bits per heavy atom. The van der Waals surface area contributed by atoms with Gasteiger partial charge in [0.2, 0.25) is 0 Å². The molecule has 0 saturated heterocycles. The summed E-state index contributed by atoms with van der Waals surface area (Å²) in [5, 5.41) is 1.04. The Balaban J connectivity index is 2.26.